The molecule has 2 aliphatic rings. The Labute approximate surface area is 181 Å². The third kappa shape index (κ3) is 6.90. The van der Waals surface area contributed by atoms with Gasteiger partial charge in [0, 0.05) is 38.8 Å². The number of hydrogen-bond acceptors (Lipinski definition) is 5. The van der Waals surface area contributed by atoms with E-state index in [9.17, 15) is 13.2 Å². The third-order valence-electron chi connectivity index (χ3n) is 5.39. The van der Waals surface area contributed by atoms with Crippen LogP contribution in [0.15, 0.2) is 23.2 Å². The summed E-state index contributed by atoms with van der Waals surface area (Å²) in [5.41, 5.74) is 0.829. The van der Waals surface area contributed by atoms with Crippen LogP contribution in [0, 0.1) is 0 Å². The number of aliphatic imine (C=N–C) groups is 1. The zero-order valence-corrected chi connectivity index (χ0v) is 18.1. The van der Waals surface area contributed by atoms with Crippen molar-refractivity contribution in [3.63, 3.8) is 0 Å². The molecule has 0 aliphatic carbocycles. The van der Waals surface area contributed by atoms with E-state index in [0.29, 0.717) is 12.6 Å². The normalized spacial score (nSPS) is 20.7. The van der Waals surface area contributed by atoms with Gasteiger partial charge < -0.3 is 24.4 Å². The molecule has 0 spiro atoms. The van der Waals surface area contributed by atoms with E-state index < -0.39 is 12.8 Å². The predicted octanol–water partition coefficient (Wildman–Crippen LogP) is 2.51. The van der Waals surface area contributed by atoms with Gasteiger partial charge >= 0.3 is 6.18 Å². The first-order valence-corrected chi connectivity index (χ1v) is 10.6. The highest BCUT2D eigenvalue weighted by molar-refractivity contribution is 5.80. The van der Waals surface area contributed by atoms with Crippen LogP contribution < -0.4 is 14.8 Å². The number of ether oxygens (including phenoxy) is 3. The van der Waals surface area contributed by atoms with Gasteiger partial charge in [0.1, 0.15) is 0 Å². The van der Waals surface area contributed by atoms with Gasteiger partial charge in [0.15, 0.2) is 24.1 Å². The molecule has 0 radical (unpaired) electrons. The summed E-state index contributed by atoms with van der Waals surface area (Å²) in [4.78, 5) is 9.50. The molecule has 2 fully saturated rings. The highest BCUT2D eigenvalue weighted by atomic mass is 19.4. The first-order valence-electron chi connectivity index (χ1n) is 10.6. The van der Waals surface area contributed by atoms with Gasteiger partial charge in [-0.3, -0.25) is 4.90 Å². The Morgan fingerprint density at radius 3 is 2.68 bits per heavy atom. The number of guanidine groups is 1. The number of benzene rings is 1. The fourth-order valence-electron chi connectivity index (χ4n) is 3.86. The first-order chi connectivity index (χ1) is 14.9. The molecule has 0 aromatic heterocycles. The lowest BCUT2D eigenvalue weighted by Crippen LogP contribution is -2.46. The summed E-state index contributed by atoms with van der Waals surface area (Å²) in [6.07, 6.45) is -3.31. The minimum atomic E-state index is -4.40. The number of nitrogens with one attached hydrogen (secondary N) is 1. The minimum Gasteiger partial charge on any atom is -0.493 e. The lowest BCUT2D eigenvalue weighted by molar-refractivity contribution is -0.153. The lowest BCUT2D eigenvalue weighted by Gasteiger charge is -2.32. The highest BCUT2D eigenvalue weighted by Gasteiger charge is 2.30. The monoisotopic (exact) mass is 444 g/mol. The van der Waals surface area contributed by atoms with Crippen molar-refractivity contribution < 1.29 is 27.4 Å². The van der Waals surface area contributed by atoms with Gasteiger partial charge in [-0.05, 0) is 31.0 Å². The topological polar surface area (TPSA) is 58.6 Å². The molecule has 31 heavy (non-hydrogen) atoms. The van der Waals surface area contributed by atoms with Gasteiger partial charge in [-0.15, -0.1) is 0 Å². The number of rotatable bonds is 7. The summed E-state index contributed by atoms with van der Waals surface area (Å²) in [6, 6.07) is 5.37. The van der Waals surface area contributed by atoms with E-state index in [0.717, 1.165) is 63.9 Å². The quantitative estimate of drug-likeness (QED) is 0.515. The van der Waals surface area contributed by atoms with Gasteiger partial charge in [-0.25, -0.2) is 4.99 Å². The number of methoxy groups -OCH3 is 1. The second-order valence-electron chi connectivity index (χ2n) is 7.60. The molecule has 0 saturated carbocycles. The zero-order chi connectivity index (χ0) is 22.3. The van der Waals surface area contributed by atoms with E-state index in [1.807, 2.05) is 6.92 Å². The molecule has 1 unspecified atom stereocenters. The fourth-order valence-corrected chi connectivity index (χ4v) is 3.86. The molecular weight excluding hydrogens is 413 g/mol. The molecule has 0 bridgehead atoms. The summed E-state index contributed by atoms with van der Waals surface area (Å²) in [5.74, 6) is 1.16. The van der Waals surface area contributed by atoms with Crippen molar-refractivity contribution in [2.75, 3.05) is 59.7 Å². The van der Waals surface area contributed by atoms with Crippen LogP contribution in [0.2, 0.25) is 0 Å². The average molecular weight is 444 g/mol. The molecule has 2 saturated heterocycles. The Kier molecular flexibility index (Phi) is 8.25. The van der Waals surface area contributed by atoms with Crippen LogP contribution in [0.5, 0.6) is 11.5 Å². The molecule has 10 heteroatoms. The Balaban J connectivity index is 1.63. The van der Waals surface area contributed by atoms with E-state index in [1.54, 1.807) is 12.1 Å². The first kappa shape index (κ1) is 23.5. The minimum absolute atomic E-state index is 0.0624. The van der Waals surface area contributed by atoms with Crippen LogP contribution in [0.4, 0.5) is 13.2 Å². The molecule has 0 amide bonds. The summed E-state index contributed by atoms with van der Waals surface area (Å²) in [6.45, 7) is 7.17. The van der Waals surface area contributed by atoms with Crippen molar-refractivity contribution in [1.82, 2.24) is 15.1 Å². The standard InChI is InChI=1S/C21H31F3N4O3/c1-3-25-20(28-7-6-17(14-28)27-8-10-30-11-9-27)26-13-16-4-5-18(19(12-16)29-2)31-15-21(22,23)24/h4-5,12,17H,3,6-11,13-15H2,1-2H3,(H,25,26). The Bertz CT molecular complexity index is 739. The van der Waals surface area contributed by atoms with Crippen LogP contribution in [0.25, 0.3) is 0 Å². The van der Waals surface area contributed by atoms with E-state index in [4.69, 9.17) is 19.2 Å². The summed E-state index contributed by atoms with van der Waals surface area (Å²) >= 11 is 0. The number of hydrogen-bond donors (Lipinski definition) is 1. The molecule has 2 aliphatic heterocycles. The summed E-state index contributed by atoms with van der Waals surface area (Å²) < 4.78 is 52.8. The number of halogens is 3. The maximum Gasteiger partial charge on any atom is 0.422 e. The second kappa shape index (κ2) is 10.9. The summed E-state index contributed by atoms with van der Waals surface area (Å²) in [5, 5.41) is 3.35. The molecule has 1 aromatic rings. The fraction of sp³-hybridized carbons (Fsp3) is 0.667. The van der Waals surface area contributed by atoms with Crippen LogP contribution >= 0.6 is 0 Å². The number of likely N-dealkylation sites (tertiary alicyclic amines) is 1. The van der Waals surface area contributed by atoms with Crippen molar-refractivity contribution in [3.05, 3.63) is 23.8 Å². The number of nitrogens with zero attached hydrogens (tertiary/aromatic N) is 3. The Morgan fingerprint density at radius 2 is 2.00 bits per heavy atom. The van der Waals surface area contributed by atoms with Gasteiger partial charge in [-0.2, -0.15) is 13.2 Å². The molecular formula is C21H31F3N4O3. The average Bonchev–Trinajstić information content (AvgIpc) is 3.25. The molecule has 7 nitrogen and oxygen atoms in total. The maximum atomic E-state index is 12.4. The van der Waals surface area contributed by atoms with E-state index in [1.165, 1.54) is 13.2 Å². The van der Waals surface area contributed by atoms with Crippen molar-refractivity contribution in [2.45, 2.75) is 32.1 Å². The largest absolute Gasteiger partial charge is 0.493 e. The molecule has 1 aromatic carbocycles. The third-order valence-corrected chi connectivity index (χ3v) is 5.39. The van der Waals surface area contributed by atoms with E-state index >= 15 is 0 Å². The van der Waals surface area contributed by atoms with E-state index in [-0.39, 0.29) is 11.5 Å². The van der Waals surface area contributed by atoms with Crippen molar-refractivity contribution in [3.8, 4) is 11.5 Å². The zero-order valence-electron chi connectivity index (χ0n) is 18.1. The Morgan fingerprint density at radius 1 is 1.23 bits per heavy atom. The van der Waals surface area contributed by atoms with Gasteiger partial charge in [0.05, 0.1) is 26.9 Å². The lowest BCUT2D eigenvalue weighted by atomic mass is 10.2. The van der Waals surface area contributed by atoms with Crippen LogP contribution in [0.3, 0.4) is 0 Å². The highest BCUT2D eigenvalue weighted by Crippen LogP contribution is 2.30. The Hall–Kier alpha value is -2.20. The number of morpholine rings is 1. The van der Waals surface area contributed by atoms with Gasteiger partial charge in [0.2, 0.25) is 0 Å². The van der Waals surface area contributed by atoms with Crippen molar-refractivity contribution >= 4 is 5.96 Å². The van der Waals surface area contributed by atoms with Gasteiger partial charge in [-0.1, -0.05) is 6.07 Å². The van der Waals surface area contributed by atoms with Crippen LogP contribution in [-0.2, 0) is 11.3 Å². The predicted molar refractivity (Wildman–Crippen MR) is 112 cm³/mol. The maximum absolute atomic E-state index is 12.4. The summed E-state index contributed by atoms with van der Waals surface area (Å²) in [7, 11) is 1.41. The molecule has 1 atom stereocenters. The van der Waals surface area contributed by atoms with Gasteiger partial charge in [0.25, 0.3) is 0 Å². The molecule has 1 N–H and O–H groups in total. The number of alkyl halides is 3. The van der Waals surface area contributed by atoms with Crippen molar-refractivity contribution in [1.29, 1.82) is 0 Å². The molecule has 3 rings (SSSR count). The smallest absolute Gasteiger partial charge is 0.422 e. The van der Waals surface area contributed by atoms with E-state index in [2.05, 4.69) is 15.1 Å². The molecule has 174 valence electrons. The van der Waals surface area contributed by atoms with Crippen LogP contribution in [0.1, 0.15) is 18.9 Å². The van der Waals surface area contributed by atoms with Crippen molar-refractivity contribution in [2.24, 2.45) is 4.99 Å². The SMILES string of the molecule is CCNC(=NCc1ccc(OCC(F)(F)F)c(OC)c1)N1CCC(N2CCOCC2)C1. The second-order valence-corrected chi connectivity index (χ2v) is 7.60. The van der Waals surface area contributed by atoms with Crippen LogP contribution in [-0.4, -0.2) is 87.6 Å². The molecule has 2 heterocycles.